The van der Waals surface area contributed by atoms with E-state index in [-0.39, 0.29) is 23.3 Å². The van der Waals surface area contributed by atoms with Crippen LogP contribution >= 0.6 is 23.1 Å². The minimum atomic E-state index is -0.0992. The smallest absolute Gasteiger partial charge is 0.263 e. The van der Waals surface area contributed by atoms with E-state index in [9.17, 15) is 9.59 Å². The third kappa shape index (κ3) is 4.79. The molecule has 0 bridgehead atoms. The summed E-state index contributed by atoms with van der Waals surface area (Å²) in [5.41, 5.74) is 1.79. The van der Waals surface area contributed by atoms with Crippen LogP contribution in [0.3, 0.4) is 0 Å². The van der Waals surface area contributed by atoms with Crippen molar-refractivity contribution >= 4 is 39.2 Å². The van der Waals surface area contributed by atoms with E-state index in [0.717, 1.165) is 24.0 Å². The summed E-state index contributed by atoms with van der Waals surface area (Å²) >= 11 is 2.74. The topological polar surface area (TPSA) is 64.0 Å². The Morgan fingerprint density at radius 1 is 1.31 bits per heavy atom. The molecule has 29 heavy (non-hydrogen) atoms. The van der Waals surface area contributed by atoms with E-state index in [2.05, 4.69) is 25.7 Å². The quantitative estimate of drug-likeness (QED) is 0.305. The van der Waals surface area contributed by atoms with Crippen LogP contribution in [0.2, 0.25) is 0 Å². The Morgan fingerprint density at radius 3 is 2.69 bits per heavy atom. The van der Waals surface area contributed by atoms with Gasteiger partial charge in [-0.15, -0.1) is 17.9 Å². The van der Waals surface area contributed by atoms with Crippen LogP contribution in [0.15, 0.2) is 58.3 Å². The SMILES string of the molecule is C=CCn1c(SCC(=O)NC(CC)CC)nc2scc(-c3ccccc3)c2c1=O. The average molecular weight is 428 g/mol. The molecule has 0 spiro atoms. The minimum Gasteiger partial charge on any atom is -0.353 e. The van der Waals surface area contributed by atoms with Crippen molar-refractivity contribution in [2.75, 3.05) is 5.75 Å². The Hall–Kier alpha value is -2.38. The molecule has 3 rings (SSSR count). The maximum Gasteiger partial charge on any atom is 0.263 e. The van der Waals surface area contributed by atoms with Gasteiger partial charge in [0.15, 0.2) is 5.16 Å². The van der Waals surface area contributed by atoms with Crippen molar-refractivity contribution in [3.8, 4) is 11.1 Å². The van der Waals surface area contributed by atoms with E-state index in [1.54, 1.807) is 10.6 Å². The zero-order valence-electron chi connectivity index (χ0n) is 16.7. The van der Waals surface area contributed by atoms with Crippen LogP contribution in [0.25, 0.3) is 21.3 Å². The Labute approximate surface area is 178 Å². The lowest BCUT2D eigenvalue weighted by Gasteiger charge is -2.15. The van der Waals surface area contributed by atoms with Gasteiger partial charge in [0, 0.05) is 23.5 Å². The van der Waals surface area contributed by atoms with Crippen molar-refractivity contribution < 1.29 is 4.79 Å². The number of fused-ring (bicyclic) bond motifs is 1. The Morgan fingerprint density at radius 2 is 2.03 bits per heavy atom. The second-order valence-corrected chi connectivity index (χ2v) is 8.46. The van der Waals surface area contributed by atoms with Crippen LogP contribution in [0, 0.1) is 0 Å². The minimum absolute atomic E-state index is 0.0423. The summed E-state index contributed by atoms with van der Waals surface area (Å²) in [5.74, 6) is 0.182. The van der Waals surface area contributed by atoms with E-state index in [1.807, 2.05) is 35.7 Å². The molecular weight excluding hydrogens is 402 g/mol. The molecule has 1 aromatic carbocycles. The molecule has 0 atom stereocenters. The van der Waals surface area contributed by atoms with Gasteiger partial charge in [-0.05, 0) is 18.4 Å². The van der Waals surface area contributed by atoms with Crippen LogP contribution in [0.5, 0.6) is 0 Å². The first kappa shape index (κ1) is 21.3. The zero-order valence-corrected chi connectivity index (χ0v) is 18.3. The molecule has 0 unspecified atom stereocenters. The van der Waals surface area contributed by atoms with Gasteiger partial charge in [0.25, 0.3) is 5.56 Å². The molecule has 5 nitrogen and oxygen atoms in total. The summed E-state index contributed by atoms with van der Waals surface area (Å²) in [7, 11) is 0. The van der Waals surface area contributed by atoms with Crippen molar-refractivity contribution in [3.63, 3.8) is 0 Å². The highest BCUT2D eigenvalue weighted by atomic mass is 32.2. The third-order valence-electron chi connectivity index (χ3n) is 4.74. The van der Waals surface area contributed by atoms with E-state index < -0.39 is 0 Å². The molecule has 2 aromatic heterocycles. The summed E-state index contributed by atoms with van der Waals surface area (Å²) in [4.78, 5) is 31.0. The lowest BCUT2D eigenvalue weighted by Crippen LogP contribution is -2.35. The maximum atomic E-state index is 13.3. The van der Waals surface area contributed by atoms with Crippen LogP contribution < -0.4 is 10.9 Å². The molecular formula is C22H25N3O2S2. The van der Waals surface area contributed by atoms with E-state index >= 15 is 0 Å². The second kappa shape index (κ2) is 9.89. The number of thiophene rings is 1. The van der Waals surface area contributed by atoms with Crippen molar-refractivity contribution in [2.24, 2.45) is 0 Å². The van der Waals surface area contributed by atoms with Gasteiger partial charge in [-0.25, -0.2) is 4.98 Å². The summed E-state index contributed by atoms with van der Waals surface area (Å²) < 4.78 is 1.60. The number of amides is 1. The number of nitrogens with zero attached hydrogens (tertiary/aromatic N) is 2. The Kier molecular flexibility index (Phi) is 7.28. The predicted molar refractivity (Wildman–Crippen MR) is 123 cm³/mol. The number of benzene rings is 1. The number of hydrogen-bond acceptors (Lipinski definition) is 5. The number of aromatic nitrogens is 2. The maximum absolute atomic E-state index is 13.3. The summed E-state index contributed by atoms with van der Waals surface area (Å²) in [5, 5.41) is 6.16. The van der Waals surface area contributed by atoms with Gasteiger partial charge in [0.05, 0.1) is 11.1 Å². The number of rotatable bonds is 9. The molecule has 0 aliphatic rings. The molecule has 0 fully saturated rings. The summed E-state index contributed by atoms with van der Waals surface area (Å²) in [6.07, 6.45) is 3.48. The van der Waals surface area contributed by atoms with E-state index in [1.165, 1.54) is 23.1 Å². The molecule has 0 saturated carbocycles. The molecule has 0 radical (unpaired) electrons. The fourth-order valence-electron chi connectivity index (χ4n) is 3.13. The molecule has 2 heterocycles. The van der Waals surface area contributed by atoms with E-state index in [4.69, 9.17) is 4.98 Å². The first-order valence-corrected chi connectivity index (χ1v) is 11.6. The molecule has 0 aliphatic heterocycles. The number of hydrogen-bond donors (Lipinski definition) is 1. The highest BCUT2D eigenvalue weighted by Crippen LogP contribution is 2.32. The first-order chi connectivity index (χ1) is 14.1. The largest absolute Gasteiger partial charge is 0.353 e. The standard InChI is InChI=1S/C22H25N3O2S2/c1-4-12-25-21(27)19-17(15-10-8-7-9-11-15)13-28-20(19)24-22(25)29-14-18(26)23-16(5-2)6-3/h4,7-11,13,16H,1,5-6,12,14H2,2-3H3,(H,23,26). The molecule has 1 N–H and O–H groups in total. The van der Waals surface area contributed by atoms with Gasteiger partial charge in [0.1, 0.15) is 4.83 Å². The molecule has 0 saturated heterocycles. The van der Waals surface area contributed by atoms with Crippen LogP contribution in [0.1, 0.15) is 26.7 Å². The number of carbonyl (C=O) groups excluding carboxylic acids is 1. The highest BCUT2D eigenvalue weighted by Gasteiger charge is 2.18. The lowest BCUT2D eigenvalue weighted by molar-refractivity contribution is -0.119. The van der Waals surface area contributed by atoms with Gasteiger partial charge in [-0.3, -0.25) is 14.2 Å². The molecule has 3 aromatic rings. The van der Waals surface area contributed by atoms with Crippen LogP contribution in [-0.4, -0.2) is 27.3 Å². The molecule has 1 amide bonds. The number of nitrogens with one attached hydrogen (secondary N) is 1. The lowest BCUT2D eigenvalue weighted by atomic mass is 10.1. The molecule has 0 aliphatic carbocycles. The van der Waals surface area contributed by atoms with Gasteiger partial charge < -0.3 is 5.32 Å². The van der Waals surface area contributed by atoms with Crippen molar-refractivity contribution in [1.29, 1.82) is 0 Å². The Bertz CT molecular complexity index is 1050. The average Bonchev–Trinajstić information content (AvgIpc) is 3.17. The fourth-order valence-corrected chi connectivity index (χ4v) is 4.94. The third-order valence-corrected chi connectivity index (χ3v) is 6.59. The van der Waals surface area contributed by atoms with Crippen LogP contribution in [0.4, 0.5) is 0 Å². The fraction of sp³-hybridized carbons (Fsp3) is 0.318. The predicted octanol–water partition coefficient (Wildman–Crippen LogP) is 4.71. The Balaban J connectivity index is 1.94. The van der Waals surface area contributed by atoms with Gasteiger partial charge in [-0.1, -0.05) is 62.0 Å². The van der Waals surface area contributed by atoms with Gasteiger partial charge in [0.2, 0.25) is 5.91 Å². The number of carbonyl (C=O) groups is 1. The van der Waals surface area contributed by atoms with Crippen molar-refractivity contribution in [3.05, 3.63) is 58.7 Å². The van der Waals surface area contributed by atoms with Crippen molar-refractivity contribution in [2.45, 2.75) is 44.4 Å². The van der Waals surface area contributed by atoms with Gasteiger partial charge in [-0.2, -0.15) is 0 Å². The molecule has 7 heteroatoms. The monoisotopic (exact) mass is 427 g/mol. The normalized spacial score (nSPS) is 11.1. The first-order valence-electron chi connectivity index (χ1n) is 9.69. The summed E-state index contributed by atoms with van der Waals surface area (Å²) in [6.45, 7) is 8.23. The van der Waals surface area contributed by atoms with Gasteiger partial charge >= 0.3 is 0 Å². The van der Waals surface area contributed by atoms with Crippen LogP contribution in [-0.2, 0) is 11.3 Å². The zero-order chi connectivity index (χ0) is 20.8. The van der Waals surface area contributed by atoms with Crippen molar-refractivity contribution in [1.82, 2.24) is 14.9 Å². The second-order valence-electron chi connectivity index (χ2n) is 6.66. The number of thioether (sulfide) groups is 1. The highest BCUT2D eigenvalue weighted by molar-refractivity contribution is 7.99. The van der Waals surface area contributed by atoms with E-state index in [0.29, 0.717) is 21.9 Å². The number of allylic oxidation sites excluding steroid dienone is 1. The molecule has 152 valence electrons. The summed E-state index contributed by atoms with van der Waals surface area (Å²) in [6, 6.07) is 10.0.